The van der Waals surface area contributed by atoms with Crippen LogP contribution in [0.15, 0.2) is 65.1 Å². The van der Waals surface area contributed by atoms with Crippen molar-refractivity contribution in [2.24, 2.45) is 17.6 Å². The number of hydrogen-bond acceptors (Lipinski definition) is 7. The maximum atomic E-state index is 13.9. The predicted octanol–water partition coefficient (Wildman–Crippen LogP) is 3.85. The number of β-amino-alcohol motifs (C(OH)–C–C–N with tert-alkyl or cyclic N) is 1. The van der Waals surface area contributed by atoms with Crippen molar-refractivity contribution < 1.29 is 24.3 Å². The van der Waals surface area contributed by atoms with Gasteiger partial charge in [0, 0.05) is 28.5 Å². The van der Waals surface area contributed by atoms with Crippen molar-refractivity contribution in [2.75, 3.05) is 13.1 Å². The molecule has 11 nitrogen and oxygen atoms in total. The highest BCUT2D eigenvalue weighted by molar-refractivity contribution is 9.10. The Morgan fingerprint density at radius 1 is 1.00 bits per heavy atom. The van der Waals surface area contributed by atoms with Gasteiger partial charge in [-0.15, -0.1) is 0 Å². The van der Waals surface area contributed by atoms with Crippen LogP contribution >= 0.6 is 15.9 Å². The van der Waals surface area contributed by atoms with Crippen LogP contribution in [0, 0.1) is 11.8 Å². The molecule has 12 heteroatoms. The maximum Gasteiger partial charge on any atom is 0.270 e. The van der Waals surface area contributed by atoms with Crippen LogP contribution in [0.25, 0.3) is 10.9 Å². The highest BCUT2D eigenvalue weighted by Crippen LogP contribution is 2.39. The van der Waals surface area contributed by atoms with Crippen molar-refractivity contribution in [3.63, 3.8) is 0 Å². The summed E-state index contributed by atoms with van der Waals surface area (Å²) in [6, 6.07) is 15.7. The summed E-state index contributed by atoms with van der Waals surface area (Å²) in [6.45, 7) is 6.72. The molecule has 6 N–H and O–H groups in total. The van der Waals surface area contributed by atoms with Gasteiger partial charge in [0.2, 0.25) is 17.7 Å². The van der Waals surface area contributed by atoms with E-state index < -0.39 is 53.9 Å². The molecule has 3 aromatic rings. The largest absolute Gasteiger partial charge is 0.390 e. The van der Waals surface area contributed by atoms with Crippen LogP contribution in [0.5, 0.6) is 0 Å². The second-order valence-corrected chi connectivity index (χ2v) is 15.8. The van der Waals surface area contributed by atoms with Crippen LogP contribution in [0.2, 0.25) is 0 Å². The van der Waals surface area contributed by atoms with Crippen molar-refractivity contribution in [3.8, 4) is 0 Å². The molecule has 1 aliphatic carbocycles. The fraction of sp³-hybridized carbons (Fsp3) is 0.500. The average molecular weight is 750 g/mol. The quantitative estimate of drug-likeness (QED) is 0.188. The summed E-state index contributed by atoms with van der Waals surface area (Å²) >= 11 is 3.43. The first-order valence-electron chi connectivity index (χ1n) is 17.5. The third-order valence-electron chi connectivity index (χ3n) is 9.73. The molecule has 2 aromatic carbocycles. The summed E-state index contributed by atoms with van der Waals surface area (Å²) in [5, 5.41) is 21.4. The second-order valence-electron chi connectivity index (χ2n) is 14.9. The van der Waals surface area contributed by atoms with Crippen LogP contribution in [-0.2, 0) is 20.8 Å². The molecular weight excluding hydrogens is 700 g/mol. The second kappa shape index (κ2) is 16.4. The Kier molecular flexibility index (Phi) is 12.3. The fourth-order valence-electron chi connectivity index (χ4n) is 7.29. The van der Waals surface area contributed by atoms with Crippen molar-refractivity contribution in [1.29, 1.82) is 0 Å². The predicted molar refractivity (Wildman–Crippen MR) is 196 cm³/mol. The van der Waals surface area contributed by atoms with Crippen LogP contribution in [0.1, 0.15) is 75.3 Å². The molecule has 268 valence electrons. The lowest BCUT2D eigenvalue weighted by Crippen LogP contribution is -2.61. The number of primary amides is 1. The number of benzene rings is 2. The number of likely N-dealkylation sites (tertiary alicyclic amines) is 1. The SMILES string of the molecule is CC(C)(C)NC(=O)[C@@H]1C[C@@H]2CCCC[C@@H]2CN1C[C@@H](O)[C@H](Cc1ccccc1)NC(=O)[C@H](CC(N)=O)NC(=O)c1ccc2cc(Br)ccc2n1. The highest BCUT2D eigenvalue weighted by Gasteiger charge is 2.42. The average Bonchev–Trinajstić information content (AvgIpc) is 3.06. The standard InChI is InChI=1S/C38H49BrN6O5/c1-38(2,3)44-37(50)32-19-24-11-7-8-12-26(24)21-45(32)22-33(46)30(17-23-9-5-4-6-10-23)42-36(49)31(20-34(40)47)43-35(48)29-15-13-25-18-27(39)14-16-28(25)41-29/h4-6,9-10,13-16,18,24,26,30-33,46H,7-8,11-12,17,19-22H2,1-3H3,(H2,40,47)(H,42,49)(H,43,48)(H,44,50)/t24-,26+,30-,31-,32-,33+/m0/s1. The molecule has 1 aromatic heterocycles. The number of nitrogens with zero attached hydrogens (tertiary/aromatic N) is 2. The molecule has 50 heavy (non-hydrogen) atoms. The molecule has 2 fully saturated rings. The topological polar surface area (TPSA) is 167 Å². The van der Waals surface area contributed by atoms with Crippen molar-refractivity contribution in [2.45, 2.75) is 95.5 Å². The van der Waals surface area contributed by atoms with E-state index in [1.54, 1.807) is 18.2 Å². The molecule has 0 unspecified atom stereocenters. The summed E-state index contributed by atoms with van der Waals surface area (Å²) in [6.07, 6.45) is 4.00. The number of halogens is 1. The van der Waals surface area contributed by atoms with Gasteiger partial charge < -0.3 is 26.8 Å². The lowest BCUT2D eigenvalue weighted by molar-refractivity contribution is -0.133. The Morgan fingerprint density at radius 2 is 1.72 bits per heavy atom. The number of fused-ring (bicyclic) bond motifs is 2. The van der Waals surface area contributed by atoms with E-state index in [1.807, 2.05) is 63.2 Å². The Hall–Kier alpha value is -3.87. The monoisotopic (exact) mass is 748 g/mol. The molecule has 5 rings (SSSR count). The number of aromatic nitrogens is 1. The van der Waals surface area contributed by atoms with Gasteiger partial charge in [-0.25, -0.2) is 4.98 Å². The van der Waals surface area contributed by atoms with E-state index in [0.717, 1.165) is 41.1 Å². The van der Waals surface area contributed by atoms with Crippen molar-refractivity contribution in [1.82, 2.24) is 25.8 Å². The minimum Gasteiger partial charge on any atom is -0.390 e. The normalized spacial score (nSPS) is 21.3. The number of hydrogen-bond donors (Lipinski definition) is 5. The van der Waals surface area contributed by atoms with E-state index in [9.17, 15) is 24.3 Å². The van der Waals surface area contributed by atoms with Gasteiger partial charge in [-0.1, -0.05) is 71.6 Å². The molecule has 6 atom stereocenters. The summed E-state index contributed by atoms with van der Waals surface area (Å²) in [4.78, 5) is 59.4. The van der Waals surface area contributed by atoms with Gasteiger partial charge in [-0.3, -0.25) is 24.1 Å². The molecule has 1 aliphatic heterocycles. The van der Waals surface area contributed by atoms with Gasteiger partial charge in [0.1, 0.15) is 11.7 Å². The summed E-state index contributed by atoms with van der Waals surface area (Å²) in [7, 11) is 0. The number of aliphatic hydroxyl groups excluding tert-OH is 1. The van der Waals surface area contributed by atoms with Crippen LogP contribution in [0.3, 0.4) is 0 Å². The van der Waals surface area contributed by atoms with Crippen LogP contribution in [0.4, 0.5) is 0 Å². The lowest BCUT2D eigenvalue weighted by Gasteiger charge is -2.47. The molecule has 1 saturated heterocycles. The van der Waals surface area contributed by atoms with Crippen molar-refractivity contribution >= 4 is 50.5 Å². The first-order valence-corrected chi connectivity index (χ1v) is 18.3. The van der Waals surface area contributed by atoms with Gasteiger partial charge in [-0.05, 0) is 81.7 Å². The number of aliphatic hydroxyl groups is 1. The lowest BCUT2D eigenvalue weighted by atomic mass is 9.72. The number of rotatable bonds is 12. The number of carbonyl (C=O) groups is 4. The van der Waals surface area contributed by atoms with Crippen molar-refractivity contribution in [3.05, 3.63) is 76.4 Å². The molecule has 0 spiro atoms. The zero-order valence-electron chi connectivity index (χ0n) is 29.0. The number of pyridine rings is 1. The Morgan fingerprint density at radius 3 is 2.42 bits per heavy atom. The van der Waals surface area contributed by atoms with E-state index in [-0.39, 0.29) is 24.6 Å². The zero-order valence-corrected chi connectivity index (χ0v) is 30.6. The van der Waals surface area contributed by atoms with Gasteiger partial charge >= 0.3 is 0 Å². The van der Waals surface area contributed by atoms with Crippen LogP contribution < -0.4 is 21.7 Å². The number of amides is 4. The Labute approximate surface area is 302 Å². The number of piperidine rings is 1. The molecule has 4 amide bonds. The smallest absolute Gasteiger partial charge is 0.270 e. The van der Waals surface area contributed by atoms with Gasteiger partial charge in [0.05, 0.1) is 30.1 Å². The van der Waals surface area contributed by atoms with E-state index in [0.29, 0.717) is 23.9 Å². The zero-order chi connectivity index (χ0) is 36.0. The van der Waals surface area contributed by atoms with Crippen LogP contribution in [-0.4, -0.2) is 81.5 Å². The number of carbonyl (C=O) groups excluding carboxylic acids is 4. The number of nitrogens with one attached hydrogen (secondary N) is 3. The van der Waals surface area contributed by atoms with E-state index in [4.69, 9.17) is 5.73 Å². The Balaban J connectivity index is 1.35. The molecule has 2 aliphatic rings. The minimum absolute atomic E-state index is 0.0588. The third-order valence-corrected chi connectivity index (χ3v) is 10.2. The minimum atomic E-state index is -1.31. The van der Waals surface area contributed by atoms with Gasteiger partial charge in [0.15, 0.2) is 0 Å². The van der Waals surface area contributed by atoms with E-state index in [1.165, 1.54) is 6.42 Å². The first kappa shape index (κ1) is 37.4. The molecule has 2 heterocycles. The summed E-state index contributed by atoms with van der Waals surface area (Å²) < 4.78 is 0.872. The Bertz CT molecular complexity index is 1680. The van der Waals surface area contributed by atoms with Gasteiger partial charge in [-0.2, -0.15) is 0 Å². The fourth-order valence-corrected chi connectivity index (χ4v) is 7.67. The summed E-state index contributed by atoms with van der Waals surface area (Å²) in [5.41, 5.74) is 6.67. The van der Waals surface area contributed by atoms with Gasteiger partial charge in [0.25, 0.3) is 5.91 Å². The highest BCUT2D eigenvalue weighted by atomic mass is 79.9. The summed E-state index contributed by atoms with van der Waals surface area (Å²) in [5.74, 6) is -1.22. The molecule has 0 bridgehead atoms. The number of nitrogens with two attached hydrogens (primary N) is 1. The molecular formula is C38H49BrN6O5. The van der Waals surface area contributed by atoms with E-state index in [2.05, 4.69) is 41.8 Å². The first-order chi connectivity index (χ1) is 23.8. The third kappa shape index (κ3) is 10.1. The molecule has 1 saturated carbocycles. The van der Waals surface area contributed by atoms with E-state index >= 15 is 0 Å². The molecule has 0 radical (unpaired) electrons. The maximum absolute atomic E-state index is 13.9.